The van der Waals surface area contributed by atoms with Crippen molar-refractivity contribution in [2.45, 2.75) is 19.8 Å². The molecule has 2 amide bonds. The maximum atomic E-state index is 11.4. The number of carbonyl (C=O) groups excluding carboxylic acids is 1. The molecule has 0 aliphatic heterocycles. The summed E-state index contributed by atoms with van der Waals surface area (Å²) in [6.07, 6.45) is 0.656. The Balaban J connectivity index is 3.69. The van der Waals surface area contributed by atoms with Gasteiger partial charge in [-0.1, -0.05) is 6.92 Å². The average molecular weight is 232 g/mol. The minimum atomic E-state index is -0.824. The highest BCUT2D eigenvalue weighted by atomic mass is 16.4. The molecule has 0 aliphatic carbocycles. The van der Waals surface area contributed by atoms with Crippen molar-refractivity contribution in [1.29, 1.82) is 0 Å². The molecule has 0 radical (unpaired) electrons. The third-order valence-corrected chi connectivity index (χ3v) is 2.23. The lowest BCUT2D eigenvalue weighted by Gasteiger charge is -2.18. The van der Waals surface area contributed by atoms with Crippen LogP contribution in [0.5, 0.6) is 0 Å². The fourth-order valence-corrected chi connectivity index (χ4v) is 1.12. The molecule has 0 aromatic heterocycles. The van der Waals surface area contributed by atoms with Crippen molar-refractivity contribution in [2.75, 3.05) is 26.7 Å². The molecule has 94 valence electrons. The molecule has 1 unspecified atom stereocenters. The van der Waals surface area contributed by atoms with Crippen LogP contribution in [0.3, 0.4) is 0 Å². The van der Waals surface area contributed by atoms with Crippen molar-refractivity contribution in [2.24, 2.45) is 5.92 Å². The van der Waals surface area contributed by atoms with E-state index in [2.05, 4.69) is 5.32 Å². The van der Waals surface area contributed by atoms with E-state index in [1.165, 1.54) is 4.90 Å². The Bertz CT molecular complexity index is 233. The van der Waals surface area contributed by atoms with Gasteiger partial charge in [0.2, 0.25) is 0 Å². The smallest absolute Gasteiger partial charge is 0.317 e. The van der Waals surface area contributed by atoms with Crippen LogP contribution in [-0.2, 0) is 4.79 Å². The SMILES string of the molecule is CC(CCC(=O)O)CNC(=O)N(C)CCO. The van der Waals surface area contributed by atoms with Gasteiger partial charge in [0.25, 0.3) is 0 Å². The molecular weight excluding hydrogens is 212 g/mol. The molecule has 1 atom stereocenters. The number of hydrogen-bond donors (Lipinski definition) is 3. The summed E-state index contributed by atoms with van der Waals surface area (Å²) in [5.74, 6) is -0.696. The normalized spacial score (nSPS) is 11.9. The van der Waals surface area contributed by atoms with Crippen LogP contribution in [0.25, 0.3) is 0 Å². The predicted octanol–water partition coefficient (Wildman–Crippen LogP) is 0.121. The number of nitrogens with one attached hydrogen (secondary N) is 1. The maximum absolute atomic E-state index is 11.4. The van der Waals surface area contributed by atoms with E-state index in [9.17, 15) is 9.59 Å². The summed E-state index contributed by atoms with van der Waals surface area (Å²) in [6, 6.07) is -0.253. The van der Waals surface area contributed by atoms with Crippen molar-refractivity contribution in [3.05, 3.63) is 0 Å². The largest absolute Gasteiger partial charge is 0.481 e. The van der Waals surface area contributed by atoms with E-state index < -0.39 is 5.97 Å². The summed E-state index contributed by atoms with van der Waals surface area (Å²) in [7, 11) is 1.59. The number of carboxylic acids is 1. The van der Waals surface area contributed by atoms with Gasteiger partial charge in [0.05, 0.1) is 6.61 Å². The number of urea groups is 1. The van der Waals surface area contributed by atoms with E-state index >= 15 is 0 Å². The molecule has 16 heavy (non-hydrogen) atoms. The Hall–Kier alpha value is -1.30. The van der Waals surface area contributed by atoms with Gasteiger partial charge in [-0.3, -0.25) is 4.79 Å². The van der Waals surface area contributed by atoms with Crippen molar-refractivity contribution in [3.63, 3.8) is 0 Å². The second-order valence-electron chi connectivity index (χ2n) is 3.87. The fraction of sp³-hybridized carbons (Fsp3) is 0.800. The Morgan fingerprint density at radius 1 is 1.44 bits per heavy atom. The zero-order valence-electron chi connectivity index (χ0n) is 9.77. The van der Waals surface area contributed by atoms with E-state index in [-0.39, 0.29) is 31.5 Å². The van der Waals surface area contributed by atoms with Gasteiger partial charge >= 0.3 is 12.0 Å². The number of nitrogens with zero attached hydrogens (tertiary/aromatic N) is 1. The molecular formula is C10H20N2O4. The number of hydrogen-bond acceptors (Lipinski definition) is 3. The third-order valence-electron chi connectivity index (χ3n) is 2.23. The summed E-state index contributed by atoms with van der Waals surface area (Å²) in [5.41, 5.74) is 0. The first kappa shape index (κ1) is 14.7. The first-order valence-electron chi connectivity index (χ1n) is 5.29. The lowest BCUT2D eigenvalue weighted by Crippen LogP contribution is -2.40. The van der Waals surface area contributed by atoms with E-state index in [0.29, 0.717) is 13.0 Å². The zero-order valence-corrected chi connectivity index (χ0v) is 9.77. The minimum absolute atomic E-state index is 0.0709. The first-order valence-corrected chi connectivity index (χ1v) is 5.29. The zero-order chi connectivity index (χ0) is 12.6. The summed E-state index contributed by atoms with van der Waals surface area (Å²) < 4.78 is 0. The summed E-state index contributed by atoms with van der Waals surface area (Å²) in [4.78, 5) is 23.1. The number of aliphatic carboxylic acids is 1. The van der Waals surface area contributed by atoms with Gasteiger partial charge in [0, 0.05) is 26.6 Å². The Morgan fingerprint density at radius 3 is 2.56 bits per heavy atom. The van der Waals surface area contributed by atoms with Crippen LogP contribution in [-0.4, -0.2) is 53.9 Å². The number of carboxylic acid groups (broad SMARTS) is 1. The molecule has 3 N–H and O–H groups in total. The molecule has 0 spiro atoms. The highest BCUT2D eigenvalue weighted by molar-refractivity contribution is 5.73. The summed E-state index contributed by atoms with van der Waals surface area (Å²) in [6.45, 7) is 2.55. The molecule has 0 saturated heterocycles. The number of likely N-dealkylation sites (N-methyl/N-ethyl adjacent to an activating group) is 1. The molecule has 6 nitrogen and oxygen atoms in total. The van der Waals surface area contributed by atoms with Gasteiger partial charge in [0.1, 0.15) is 0 Å². The van der Waals surface area contributed by atoms with E-state index in [1.807, 2.05) is 6.92 Å². The van der Waals surface area contributed by atoms with Crippen LogP contribution >= 0.6 is 0 Å². The number of carbonyl (C=O) groups is 2. The monoisotopic (exact) mass is 232 g/mol. The lowest BCUT2D eigenvalue weighted by atomic mass is 10.1. The van der Waals surface area contributed by atoms with Crippen molar-refractivity contribution >= 4 is 12.0 Å². The second kappa shape index (κ2) is 7.92. The first-order chi connectivity index (χ1) is 7.47. The minimum Gasteiger partial charge on any atom is -0.481 e. The maximum Gasteiger partial charge on any atom is 0.317 e. The van der Waals surface area contributed by atoms with Gasteiger partial charge < -0.3 is 20.4 Å². The Labute approximate surface area is 95.2 Å². The van der Waals surface area contributed by atoms with Crippen LogP contribution in [0.15, 0.2) is 0 Å². The second-order valence-corrected chi connectivity index (χ2v) is 3.87. The highest BCUT2D eigenvalue weighted by Gasteiger charge is 2.10. The Morgan fingerprint density at radius 2 is 2.06 bits per heavy atom. The number of amides is 2. The number of aliphatic hydroxyl groups is 1. The topological polar surface area (TPSA) is 89.9 Å². The standard InChI is InChI=1S/C10H20N2O4/c1-8(3-4-9(14)15)7-11-10(16)12(2)5-6-13/h8,13H,3-7H2,1-2H3,(H,11,16)(H,14,15). The van der Waals surface area contributed by atoms with Gasteiger partial charge in [-0.2, -0.15) is 0 Å². The molecule has 0 bridgehead atoms. The van der Waals surface area contributed by atoms with Crippen molar-refractivity contribution < 1.29 is 19.8 Å². The van der Waals surface area contributed by atoms with Gasteiger partial charge in [-0.15, -0.1) is 0 Å². The molecule has 0 aromatic rings. The van der Waals surface area contributed by atoms with Crippen LogP contribution in [0.1, 0.15) is 19.8 Å². The third kappa shape index (κ3) is 7.05. The van der Waals surface area contributed by atoms with Crippen LogP contribution in [0, 0.1) is 5.92 Å². The summed E-state index contributed by atoms with van der Waals surface area (Å²) >= 11 is 0. The molecule has 6 heteroatoms. The predicted molar refractivity (Wildman–Crippen MR) is 59.1 cm³/mol. The van der Waals surface area contributed by atoms with Gasteiger partial charge in [-0.25, -0.2) is 4.79 Å². The van der Waals surface area contributed by atoms with E-state index in [1.54, 1.807) is 7.05 Å². The molecule has 0 aliphatic rings. The summed E-state index contributed by atoms with van der Waals surface area (Å²) in [5, 5.41) is 19.8. The van der Waals surface area contributed by atoms with Gasteiger partial charge in [0.15, 0.2) is 0 Å². The van der Waals surface area contributed by atoms with Crippen molar-refractivity contribution in [3.8, 4) is 0 Å². The highest BCUT2D eigenvalue weighted by Crippen LogP contribution is 2.03. The fourth-order valence-electron chi connectivity index (χ4n) is 1.12. The van der Waals surface area contributed by atoms with Crippen LogP contribution < -0.4 is 5.32 Å². The van der Waals surface area contributed by atoms with Crippen LogP contribution in [0.2, 0.25) is 0 Å². The lowest BCUT2D eigenvalue weighted by molar-refractivity contribution is -0.137. The van der Waals surface area contributed by atoms with Crippen molar-refractivity contribution in [1.82, 2.24) is 10.2 Å². The Kier molecular flexibility index (Phi) is 7.28. The quantitative estimate of drug-likeness (QED) is 0.581. The number of aliphatic hydroxyl groups excluding tert-OH is 1. The van der Waals surface area contributed by atoms with E-state index in [4.69, 9.17) is 10.2 Å². The molecule has 0 rings (SSSR count). The molecule has 0 saturated carbocycles. The van der Waals surface area contributed by atoms with Crippen LogP contribution in [0.4, 0.5) is 4.79 Å². The van der Waals surface area contributed by atoms with Gasteiger partial charge in [-0.05, 0) is 12.3 Å². The molecule has 0 fully saturated rings. The average Bonchev–Trinajstić information content (AvgIpc) is 2.23. The van der Waals surface area contributed by atoms with E-state index in [0.717, 1.165) is 0 Å². The molecule has 0 aromatic carbocycles. The number of rotatable bonds is 7. The molecule has 0 heterocycles.